The first-order valence-corrected chi connectivity index (χ1v) is 7.62. The van der Waals surface area contributed by atoms with E-state index in [1.807, 2.05) is 25.1 Å². The van der Waals surface area contributed by atoms with Crippen LogP contribution >= 0.6 is 0 Å². The minimum atomic E-state index is -0.0913. The number of amides is 1. The quantitative estimate of drug-likeness (QED) is 0.784. The van der Waals surface area contributed by atoms with Crippen LogP contribution in [0.5, 0.6) is 11.5 Å². The summed E-state index contributed by atoms with van der Waals surface area (Å²) in [6.07, 6.45) is 0. The molecule has 4 rings (SSSR count). The SMILES string of the molecule is Cc1ccc2c(c1)OCC(=O)N2.Cc1ccc2c(c1)OCCN2. The van der Waals surface area contributed by atoms with Crippen LogP contribution in [0.3, 0.4) is 0 Å². The topological polar surface area (TPSA) is 59.6 Å². The molecule has 0 aliphatic carbocycles. The van der Waals surface area contributed by atoms with Gasteiger partial charge in [-0.3, -0.25) is 4.79 Å². The van der Waals surface area contributed by atoms with Crippen molar-refractivity contribution in [2.75, 3.05) is 30.4 Å². The summed E-state index contributed by atoms with van der Waals surface area (Å²) in [6, 6.07) is 11.9. The summed E-state index contributed by atoms with van der Waals surface area (Å²) in [5.74, 6) is 1.65. The molecule has 0 unspecified atom stereocenters. The van der Waals surface area contributed by atoms with E-state index in [4.69, 9.17) is 9.47 Å². The average Bonchev–Trinajstić information content (AvgIpc) is 2.55. The summed E-state index contributed by atoms with van der Waals surface area (Å²) in [4.78, 5) is 10.9. The highest BCUT2D eigenvalue weighted by molar-refractivity contribution is 5.95. The number of hydrogen-bond donors (Lipinski definition) is 2. The molecule has 2 aromatic rings. The highest BCUT2D eigenvalue weighted by atomic mass is 16.5. The van der Waals surface area contributed by atoms with Gasteiger partial charge >= 0.3 is 0 Å². The molecule has 5 heteroatoms. The summed E-state index contributed by atoms with van der Waals surface area (Å²) in [5.41, 5.74) is 4.25. The van der Waals surface area contributed by atoms with Crippen LogP contribution in [-0.2, 0) is 4.79 Å². The molecule has 0 aromatic heterocycles. The van der Waals surface area contributed by atoms with Gasteiger partial charge in [-0.05, 0) is 49.2 Å². The number of carbonyl (C=O) groups is 1. The third kappa shape index (κ3) is 3.74. The molecule has 0 radical (unpaired) electrons. The fourth-order valence-electron chi connectivity index (χ4n) is 2.42. The Hall–Kier alpha value is -2.69. The van der Waals surface area contributed by atoms with Crippen molar-refractivity contribution in [1.29, 1.82) is 0 Å². The van der Waals surface area contributed by atoms with Gasteiger partial charge in [-0.25, -0.2) is 0 Å². The highest BCUT2D eigenvalue weighted by Crippen LogP contribution is 2.28. The van der Waals surface area contributed by atoms with Crippen LogP contribution in [0.1, 0.15) is 11.1 Å². The van der Waals surface area contributed by atoms with Crippen molar-refractivity contribution in [1.82, 2.24) is 0 Å². The largest absolute Gasteiger partial charge is 0.490 e. The molecule has 2 aromatic carbocycles. The lowest BCUT2D eigenvalue weighted by Gasteiger charge is -2.18. The molecule has 0 fully saturated rings. The number of benzene rings is 2. The third-order valence-corrected chi connectivity index (χ3v) is 3.58. The van der Waals surface area contributed by atoms with Gasteiger partial charge in [0.1, 0.15) is 18.1 Å². The second kappa shape index (κ2) is 6.60. The zero-order valence-corrected chi connectivity index (χ0v) is 13.3. The molecule has 5 nitrogen and oxygen atoms in total. The number of rotatable bonds is 0. The molecule has 2 heterocycles. The predicted molar refractivity (Wildman–Crippen MR) is 90.5 cm³/mol. The molecular weight excluding hydrogens is 292 g/mol. The van der Waals surface area contributed by atoms with E-state index < -0.39 is 0 Å². The van der Waals surface area contributed by atoms with E-state index in [-0.39, 0.29) is 12.5 Å². The van der Waals surface area contributed by atoms with E-state index >= 15 is 0 Å². The zero-order chi connectivity index (χ0) is 16.2. The van der Waals surface area contributed by atoms with Crippen LogP contribution < -0.4 is 20.1 Å². The Morgan fingerprint density at radius 1 is 0.913 bits per heavy atom. The maximum absolute atomic E-state index is 10.9. The van der Waals surface area contributed by atoms with Gasteiger partial charge in [-0.2, -0.15) is 0 Å². The van der Waals surface area contributed by atoms with Crippen LogP contribution in [0, 0.1) is 13.8 Å². The van der Waals surface area contributed by atoms with E-state index in [9.17, 15) is 4.79 Å². The Balaban J connectivity index is 0.000000136. The number of anilines is 2. The number of nitrogens with one attached hydrogen (secondary N) is 2. The van der Waals surface area contributed by atoms with Crippen molar-refractivity contribution in [2.45, 2.75) is 13.8 Å². The zero-order valence-electron chi connectivity index (χ0n) is 13.3. The minimum absolute atomic E-state index is 0.0913. The van der Waals surface area contributed by atoms with Gasteiger partial charge in [0.15, 0.2) is 6.61 Å². The van der Waals surface area contributed by atoms with Crippen LogP contribution in [0.15, 0.2) is 36.4 Å². The predicted octanol–water partition coefficient (Wildman–Crippen LogP) is 3.13. The molecular formula is C18H20N2O3. The van der Waals surface area contributed by atoms with Gasteiger partial charge in [0.2, 0.25) is 0 Å². The summed E-state index contributed by atoms with van der Waals surface area (Å²) in [5, 5.41) is 5.99. The fourth-order valence-corrected chi connectivity index (χ4v) is 2.42. The van der Waals surface area contributed by atoms with Crippen LogP contribution in [0.25, 0.3) is 0 Å². The molecule has 1 amide bonds. The van der Waals surface area contributed by atoms with Crippen molar-refractivity contribution >= 4 is 17.3 Å². The molecule has 0 atom stereocenters. The van der Waals surface area contributed by atoms with Gasteiger partial charge < -0.3 is 20.1 Å². The third-order valence-electron chi connectivity index (χ3n) is 3.58. The molecule has 120 valence electrons. The second-order valence-corrected chi connectivity index (χ2v) is 5.61. The Morgan fingerprint density at radius 2 is 1.57 bits per heavy atom. The average molecular weight is 312 g/mol. The molecule has 2 aliphatic rings. The maximum Gasteiger partial charge on any atom is 0.262 e. The van der Waals surface area contributed by atoms with Crippen molar-refractivity contribution in [3.05, 3.63) is 47.5 Å². The van der Waals surface area contributed by atoms with Crippen LogP contribution in [0.2, 0.25) is 0 Å². The summed E-state index contributed by atoms with van der Waals surface area (Å²) < 4.78 is 10.6. The van der Waals surface area contributed by atoms with E-state index in [1.54, 1.807) is 0 Å². The van der Waals surface area contributed by atoms with Gasteiger partial charge in [-0.15, -0.1) is 0 Å². The fraction of sp³-hybridized carbons (Fsp3) is 0.278. The molecule has 23 heavy (non-hydrogen) atoms. The lowest BCUT2D eigenvalue weighted by Crippen LogP contribution is -2.25. The normalized spacial score (nSPS) is 14.6. The van der Waals surface area contributed by atoms with Gasteiger partial charge in [0.05, 0.1) is 11.4 Å². The second-order valence-electron chi connectivity index (χ2n) is 5.61. The first kappa shape index (κ1) is 15.2. The maximum atomic E-state index is 10.9. The molecule has 0 bridgehead atoms. The van der Waals surface area contributed by atoms with Gasteiger partial charge in [0.25, 0.3) is 5.91 Å². The summed E-state index contributed by atoms with van der Waals surface area (Å²) in [6.45, 7) is 5.86. The first-order valence-electron chi connectivity index (χ1n) is 7.62. The van der Waals surface area contributed by atoms with Crippen molar-refractivity contribution in [2.24, 2.45) is 0 Å². The summed E-state index contributed by atoms with van der Waals surface area (Å²) >= 11 is 0. The Morgan fingerprint density at radius 3 is 2.30 bits per heavy atom. The smallest absolute Gasteiger partial charge is 0.262 e. The Bertz CT molecular complexity index is 728. The van der Waals surface area contributed by atoms with Crippen molar-refractivity contribution in [3.63, 3.8) is 0 Å². The number of hydrogen-bond acceptors (Lipinski definition) is 4. The Kier molecular flexibility index (Phi) is 4.37. The monoisotopic (exact) mass is 312 g/mol. The molecule has 2 aliphatic heterocycles. The van der Waals surface area contributed by atoms with E-state index in [0.29, 0.717) is 0 Å². The lowest BCUT2D eigenvalue weighted by atomic mass is 10.2. The molecule has 0 saturated carbocycles. The number of aryl methyl sites for hydroxylation is 2. The van der Waals surface area contributed by atoms with Crippen molar-refractivity contribution in [3.8, 4) is 11.5 Å². The van der Waals surface area contributed by atoms with Gasteiger partial charge in [-0.1, -0.05) is 12.1 Å². The Labute approximate surface area is 135 Å². The minimum Gasteiger partial charge on any atom is -0.490 e. The highest BCUT2D eigenvalue weighted by Gasteiger charge is 2.14. The van der Waals surface area contributed by atoms with E-state index in [0.717, 1.165) is 41.6 Å². The molecule has 0 spiro atoms. The van der Waals surface area contributed by atoms with Crippen LogP contribution in [-0.4, -0.2) is 25.7 Å². The van der Waals surface area contributed by atoms with Gasteiger partial charge in [0, 0.05) is 6.54 Å². The first-order chi connectivity index (χ1) is 11.1. The van der Waals surface area contributed by atoms with E-state index in [1.165, 1.54) is 5.56 Å². The van der Waals surface area contributed by atoms with E-state index in [2.05, 4.69) is 35.8 Å². The van der Waals surface area contributed by atoms with Crippen molar-refractivity contribution < 1.29 is 14.3 Å². The molecule has 2 N–H and O–H groups in total. The lowest BCUT2D eigenvalue weighted by molar-refractivity contribution is -0.118. The standard InChI is InChI=1S/C9H9NO2.C9H11NO/c1-6-2-3-7-8(4-6)12-5-9(11)10-7;1-7-2-3-8-9(6-7)11-5-4-10-8/h2-4H,5H2,1H3,(H,10,11);2-3,6,10H,4-5H2,1H3. The molecule has 0 saturated heterocycles. The summed E-state index contributed by atoms with van der Waals surface area (Å²) in [7, 11) is 0. The number of ether oxygens (including phenoxy) is 2. The number of carbonyl (C=O) groups excluding carboxylic acids is 1. The number of fused-ring (bicyclic) bond motifs is 2. The van der Waals surface area contributed by atoms with Crippen LogP contribution in [0.4, 0.5) is 11.4 Å².